The van der Waals surface area contributed by atoms with E-state index < -0.39 is 32.6 Å². The number of nitrogens with one attached hydrogen (secondary N) is 1. The van der Waals surface area contributed by atoms with Crippen LogP contribution in [0.25, 0.3) is 0 Å². The van der Waals surface area contributed by atoms with Crippen LogP contribution in [-0.2, 0) is 10.0 Å². The Morgan fingerprint density at radius 1 is 1.39 bits per heavy atom. The Balaban J connectivity index is 0.00000289. The lowest BCUT2D eigenvalue weighted by Gasteiger charge is -2.12. The van der Waals surface area contributed by atoms with Gasteiger partial charge in [0.05, 0.1) is 4.47 Å². The van der Waals surface area contributed by atoms with E-state index in [-0.39, 0.29) is 23.4 Å². The first-order valence-electron chi connectivity index (χ1n) is 4.65. The fourth-order valence-electron chi connectivity index (χ4n) is 1.09. The van der Waals surface area contributed by atoms with Gasteiger partial charge in [-0.15, -0.1) is 12.4 Å². The lowest BCUT2D eigenvalue weighted by molar-refractivity contribution is 0.533. The Bertz CT molecular complexity index is 528. The molecular weight excluding hydrogens is 354 g/mol. The summed E-state index contributed by atoms with van der Waals surface area (Å²) in [6, 6.07) is 0.838. The molecule has 18 heavy (non-hydrogen) atoms. The van der Waals surface area contributed by atoms with E-state index in [4.69, 9.17) is 5.73 Å². The number of nitrogens with two attached hydrogens (primary N) is 1. The van der Waals surface area contributed by atoms with E-state index in [1.54, 1.807) is 0 Å². The highest BCUT2D eigenvalue weighted by Gasteiger charge is 2.22. The van der Waals surface area contributed by atoms with Gasteiger partial charge in [0.15, 0.2) is 0 Å². The molecule has 3 N–H and O–H groups in total. The largest absolute Gasteiger partial charge is 0.329 e. The molecule has 0 spiro atoms. The summed E-state index contributed by atoms with van der Waals surface area (Å²) in [5.74, 6) is -2.02. The minimum Gasteiger partial charge on any atom is -0.329 e. The fraction of sp³-hybridized carbons (Fsp3) is 0.333. The first-order valence-corrected chi connectivity index (χ1v) is 6.92. The van der Waals surface area contributed by atoms with Gasteiger partial charge in [0.25, 0.3) is 0 Å². The molecule has 0 bridgehead atoms. The molecule has 0 aliphatic heterocycles. The lowest BCUT2D eigenvalue weighted by Crippen LogP contribution is -2.38. The molecule has 0 saturated heterocycles. The highest BCUT2D eigenvalue weighted by molar-refractivity contribution is 9.10. The van der Waals surface area contributed by atoms with Crippen molar-refractivity contribution in [2.24, 2.45) is 5.73 Å². The average molecular weight is 366 g/mol. The molecule has 104 valence electrons. The van der Waals surface area contributed by atoms with Gasteiger partial charge >= 0.3 is 0 Å². The van der Waals surface area contributed by atoms with Gasteiger partial charge in [0.1, 0.15) is 16.5 Å². The lowest BCUT2D eigenvalue weighted by atomic mass is 10.3. The monoisotopic (exact) mass is 364 g/mol. The van der Waals surface area contributed by atoms with Crippen molar-refractivity contribution in [2.45, 2.75) is 17.9 Å². The van der Waals surface area contributed by atoms with Gasteiger partial charge in [-0.1, -0.05) is 0 Å². The Hall–Kier alpha value is -0.280. The first-order chi connectivity index (χ1) is 7.77. The standard InChI is InChI=1S/C9H11BrF2N2O2S.ClH/c1-5(4-13)14-17(15,16)9-2-6(10)7(11)3-8(9)12;/h2-3,5,14H,4,13H2,1H3;1H/t5-;/m0./s1. The van der Waals surface area contributed by atoms with Gasteiger partial charge in [-0.3, -0.25) is 0 Å². The van der Waals surface area contributed by atoms with Crippen molar-refractivity contribution in [1.82, 2.24) is 4.72 Å². The smallest absolute Gasteiger partial charge is 0.243 e. The second-order valence-corrected chi connectivity index (χ2v) is 5.99. The highest BCUT2D eigenvalue weighted by Crippen LogP contribution is 2.23. The zero-order valence-electron chi connectivity index (χ0n) is 9.28. The van der Waals surface area contributed by atoms with Gasteiger partial charge in [0, 0.05) is 18.7 Å². The Morgan fingerprint density at radius 3 is 2.44 bits per heavy atom. The summed E-state index contributed by atoms with van der Waals surface area (Å²) in [4.78, 5) is -0.619. The van der Waals surface area contributed by atoms with Crippen molar-refractivity contribution >= 4 is 38.4 Å². The van der Waals surface area contributed by atoms with Crippen molar-refractivity contribution in [1.29, 1.82) is 0 Å². The third-order valence-corrected chi connectivity index (χ3v) is 4.19. The number of hydrogen-bond acceptors (Lipinski definition) is 3. The summed E-state index contributed by atoms with van der Waals surface area (Å²) >= 11 is 2.80. The molecule has 0 amide bonds. The summed E-state index contributed by atoms with van der Waals surface area (Å²) in [6.45, 7) is 1.61. The predicted octanol–water partition coefficient (Wildman–Crippen LogP) is 1.77. The molecule has 0 unspecified atom stereocenters. The minimum atomic E-state index is -4.04. The van der Waals surface area contributed by atoms with Crippen LogP contribution in [-0.4, -0.2) is 21.0 Å². The molecule has 0 fully saturated rings. The quantitative estimate of drug-likeness (QED) is 0.799. The van der Waals surface area contributed by atoms with Crippen molar-refractivity contribution in [3.63, 3.8) is 0 Å². The van der Waals surface area contributed by atoms with Crippen LogP contribution < -0.4 is 10.5 Å². The highest BCUT2D eigenvalue weighted by atomic mass is 79.9. The van der Waals surface area contributed by atoms with Crippen LogP contribution in [0, 0.1) is 11.6 Å². The third-order valence-electron chi connectivity index (χ3n) is 1.97. The Kier molecular flexibility index (Phi) is 6.66. The molecule has 1 atom stereocenters. The number of rotatable bonds is 4. The van der Waals surface area contributed by atoms with E-state index >= 15 is 0 Å². The maximum atomic E-state index is 13.4. The minimum absolute atomic E-state index is 0. The zero-order chi connectivity index (χ0) is 13.2. The molecular formula is C9H12BrClF2N2O2S. The second-order valence-electron chi connectivity index (χ2n) is 3.45. The van der Waals surface area contributed by atoms with Crippen LogP contribution in [0.1, 0.15) is 6.92 Å². The number of hydrogen-bond donors (Lipinski definition) is 2. The van der Waals surface area contributed by atoms with E-state index in [0.29, 0.717) is 6.07 Å². The summed E-state index contributed by atoms with van der Waals surface area (Å²) in [6.07, 6.45) is 0. The fourth-order valence-corrected chi connectivity index (χ4v) is 2.92. The SMILES string of the molecule is C[C@@H](CN)NS(=O)(=O)c1cc(Br)c(F)cc1F.Cl. The van der Waals surface area contributed by atoms with E-state index in [2.05, 4.69) is 20.7 Å². The number of benzene rings is 1. The molecule has 1 aromatic carbocycles. The average Bonchev–Trinajstić information content (AvgIpc) is 2.22. The van der Waals surface area contributed by atoms with Gasteiger partial charge in [-0.25, -0.2) is 21.9 Å². The molecule has 9 heteroatoms. The summed E-state index contributed by atoms with van der Waals surface area (Å²) in [5.41, 5.74) is 5.26. The number of halogens is 4. The molecule has 0 aliphatic carbocycles. The molecule has 4 nitrogen and oxygen atoms in total. The Morgan fingerprint density at radius 2 is 1.94 bits per heavy atom. The predicted molar refractivity (Wildman–Crippen MR) is 70.1 cm³/mol. The van der Waals surface area contributed by atoms with Crippen molar-refractivity contribution < 1.29 is 17.2 Å². The van der Waals surface area contributed by atoms with E-state index in [0.717, 1.165) is 6.07 Å². The van der Waals surface area contributed by atoms with Gasteiger partial charge in [-0.05, 0) is 28.9 Å². The molecule has 0 radical (unpaired) electrons. The maximum Gasteiger partial charge on any atom is 0.243 e. The van der Waals surface area contributed by atoms with E-state index in [1.165, 1.54) is 6.92 Å². The van der Waals surface area contributed by atoms with Crippen molar-refractivity contribution in [2.75, 3.05) is 6.54 Å². The van der Waals surface area contributed by atoms with Crippen LogP contribution >= 0.6 is 28.3 Å². The van der Waals surface area contributed by atoms with Crippen LogP contribution in [0.15, 0.2) is 21.5 Å². The van der Waals surface area contributed by atoms with Gasteiger partial charge in [0.2, 0.25) is 10.0 Å². The topological polar surface area (TPSA) is 72.2 Å². The third kappa shape index (κ3) is 4.13. The van der Waals surface area contributed by atoms with Gasteiger partial charge < -0.3 is 5.73 Å². The van der Waals surface area contributed by atoms with Gasteiger partial charge in [-0.2, -0.15) is 0 Å². The molecule has 1 aromatic rings. The van der Waals surface area contributed by atoms with Crippen LogP contribution in [0.2, 0.25) is 0 Å². The normalized spacial score (nSPS) is 12.9. The van der Waals surface area contributed by atoms with Crippen LogP contribution in [0.4, 0.5) is 8.78 Å². The van der Waals surface area contributed by atoms with E-state index in [1.807, 2.05) is 0 Å². The van der Waals surface area contributed by atoms with Crippen LogP contribution in [0.3, 0.4) is 0 Å². The molecule has 0 aliphatic rings. The summed E-state index contributed by atoms with van der Waals surface area (Å²) in [7, 11) is -4.04. The first kappa shape index (κ1) is 17.7. The maximum absolute atomic E-state index is 13.4. The van der Waals surface area contributed by atoms with E-state index in [9.17, 15) is 17.2 Å². The van der Waals surface area contributed by atoms with Crippen LogP contribution in [0.5, 0.6) is 0 Å². The molecule has 1 rings (SSSR count). The molecule has 0 aromatic heterocycles. The Labute approximate surface area is 119 Å². The molecule has 0 saturated carbocycles. The van der Waals surface area contributed by atoms with Crippen molar-refractivity contribution in [3.05, 3.63) is 28.2 Å². The zero-order valence-corrected chi connectivity index (χ0v) is 12.5. The second kappa shape index (κ2) is 6.76. The molecule has 0 heterocycles. The number of sulfonamides is 1. The summed E-state index contributed by atoms with van der Waals surface area (Å²) < 4.78 is 51.8. The summed E-state index contributed by atoms with van der Waals surface area (Å²) in [5, 5.41) is 0. The van der Waals surface area contributed by atoms with Crippen molar-refractivity contribution in [3.8, 4) is 0 Å².